The first-order valence-electron chi connectivity index (χ1n) is 12.2. The van der Waals surface area contributed by atoms with Crippen molar-refractivity contribution in [2.75, 3.05) is 6.61 Å². The summed E-state index contributed by atoms with van der Waals surface area (Å²) in [5.74, 6) is -1.96. The number of carbonyl (C=O) groups excluding carboxylic acids is 1. The van der Waals surface area contributed by atoms with Gasteiger partial charge in [0.05, 0.1) is 18.6 Å². The lowest BCUT2D eigenvalue weighted by Gasteiger charge is -2.22. The van der Waals surface area contributed by atoms with E-state index in [1.54, 1.807) is 30.3 Å². The number of aliphatic carboxylic acids is 1. The highest BCUT2D eigenvalue weighted by atomic mass is 16.5. The summed E-state index contributed by atoms with van der Waals surface area (Å²) in [5.41, 5.74) is -0.569. The summed E-state index contributed by atoms with van der Waals surface area (Å²) in [6.07, 6.45) is 3.45. The SMILES string of the molecule is CC1(C)[C@H](C=CC(=O)OCCc2ccccc2)[C@@]1(C(=O)O)C(C#N)c1cccc(Oc2ccccc2)c1. The molecule has 0 radical (unpaired) electrons. The normalized spacial score (nSPS) is 20.5. The maximum Gasteiger partial charge on any atom is 0.330 e. The predicted octanol–water partition coefficient (Wildman–Crippen LogP) is 6.16. The number of ether oxygens (including phenoxy) is 2. The first kappa shape index (κ1) is 25.7. The highest BCUT2D eigenvalue weighted by molar-refractivity contribution is 5.86. The van der Waals surface area contributed by atoms with E-state index in [9.17, 15) is 20.0 Å². The largest absolute Gasteiger partial charge is 0.481 e. The lowest BCUT2D eigenvalue weighted by atomic mass is 9.78. The van der Waals surface area contributed by atoms with Crippen LogP contribution in [0, 0.1) is 28.1 Å². The van der Waals surface area contributed by atoms with E-state index in [4.69, 9.17) is 9.47 Å². The number of nitriles is 1. The molecule has 1 aliphatic rings. The van der Waals surface area contributed by atoms with Gasteiger partial charge in [-0.3, -0.25) is 4.79 Å². The van der Waals surface area contributed by atoms with Crippen molar-refractivity contribution in [3.05, 3.63) is 108 Å². The summed E-state index contributed by atoms with van der Waals surface area (Å²) in [6, 6.07) is 28.1. The number of rotatable bonds is 10. The van der Waals surface area contributed by atoms with Crippen molar-refractivity contribution < 1.29 is 24.2 Å². The van der Waals surface area contributed by atoms with E-state index in [-0.39, 0.29) is 6.61 Å². The first-order chi connectivity index (χ1) is 17.8. The smallest absolute Gasteiger partial charge is 0.330 e. The van der Waals surface area contributed by atoms with E-state index in [2.05, 4.69) is 6.07 Å². The van der Waals surface area contributed by atoms with Crippen LogP contribution in [-0.4, -0.2) is 23.7 Å². The number of nitrogens with zero attached hydrogens (tertiary/aromatic N) is 1. The topological polar surface area (TPSA) is 96.6 Å². The van der Waals surface area contributed by atoms with Gasteiger partial charge in [-0.25, -0.2) is 4.79 Å². The molecule has 1 saturated carbocycles. The van der Waals surface area contributed by atoms with E-state index < -0.39 is 34.6 Å². The summed E-state index contributed by atoms with van der Waals surface area (Å²) in [4.78, 5) is 25.0. The number of esters is 1. The fourth-order valence-electron chi connectivity index (χ4n) is 5.27. The van der Waals surface area contributed by atoms with Gasteiger partial charge in [0.1, 0.15) is 16.9 Å². The van der Waals surface area contributed by atoms with Crippen LogP contribution in [0.15, 0.2) is 97.1 Å². The quantitative estimate of drug-likeness (QED) is 0.267. The first-order valence-corrected chi connectivity index (χ1v) is 12.2. The van der Waals surface area contributed by atoms with Crippen LogP contribution in [0.4, 0.5) is 0 Å². The van der Waals surface area contributed by atoms with Crippen molar-refractivity contribution in [3.8, 4) is 17.6 Å². The van der Waals surface area contributed by atoms with Gasteiger partial charge in [-0.1, -0.05) is 80.6 Å². The van der Waals surface area contributed by atoms with Crippen molar-refractivity contribution in [3.63, 3.8) is 0 Å². The van der Waals surface area contributed by atoms with Crippen LogP contribution in [0.3, 0.4) is 0 Å². The van der Waals surface area contributed by atoms with Crippen molar-refractivity contribution >= 4 is 11.9 Å². The number of carboxylic acid groups (broad SMARTS) is 1. The second kappa shape index (κ2) is 10.7. The Kier molecular flexibility index (Phi) is 7.45. The molecule has 1 N–H and O–H groups in total. The average Bonchev–Trinajstić information content (AvgIpc) is 3.39. The van der Waals surface area contributed by atoms with Crippen LogP contribution in [0.5, 0.6) is 11.5 Å². The molecule has 0 amide bonds. The summed E-state index contributed by atoms with van der Waals surface area (Å²) in [7, 11) is 0. The minimum Gasteiger partial charge on any atom is -0.481 e. The molecule has 0 aromatic heterocycles. The van der Waals surface area contributed by atoms with Gasteiger partial charge in [-0.15, -0.1) is 0 Å². The Labute approximate surface area is 216 Å². The van der Waals surface area contributed by atoms with Crippen molar-refractivity contribution in [1.29, 1.82) is 5.26 Å². The molecule has 0 heterocycles. The van der Waals surface area contributed by atoms with Crippen LogP contribution in [0.25, 0.3) is 0 Å². The molecule has 3 aromatic carbocycles. The molecule has 0 spiro atoms. The van der Waals surface area contributed by atoms with Gasteiger partial charge in [-0.2, -0.15) is 5.26 Å². The van der Waals surface area contributed by atoms with Crippen LogP contribution in [0.2, 0.25) is 0 Å². The van der Waals surface area contributed by atoms with Gasteiger partial charge in [0.25, 0.3) is 0 Å². The van der Waals surface area contributed by atoms with Gasteiger partial charge in [0.2, 0.25) is 0 Å². The molecule has 6 nitrogen and oxygen atoms in total. The molecule has 0 saturated heterocycles. The van der Waals surface area contributed by atoms with Crippen molar-refractivity contribution in [2.45, 2.75) is 26.2 Å². The molecule has 1 unspecified atom stereocenters. The maximum atomic E-state index is 12.7. The van der Waals surface area contributed by atoms with E-state index in [0.717, 1.165) is 5.56 Å². The molecule has 3 aromatic rings. The Balaban J connectivity index is 1.51. The molecule has 3 atom stereocenters. The molecule has 0 bridgehead atoms. The number of hydrogen-bond acceptors (Lipinski definition) is 5. The van der Waals surface area contributed by atoms with Crippen LogP contribution < -0.4 is 4.74 Å². The van der Waals surface area contributed by atoms with Gasteiger partial charge in [0, 0.05) is 18.4 Å². The molecule has 1 aliphatic carbocycles. The third-order valence-electron chi connectivity index (χ3n) is 7.26. The van der Waals surface area contributed by atoms with Gasteiger partial charge in [0.15, 0.2) is 0 Å². The molecule has 1 fully saturated rings. The molecule has 4 rings (SSSR count). The lowest BCUT2D eigenvalue weighted by Crippen LogP contribution is -2.28. The number of carbonyl (C=O) groups is 2. The monoisotopic (exact) mass is 495 g/mol. The number of benzene rings is 3. The number of hydrogen-bond donors (Lipinski definition) is 1. The number of allylic oxidation sites excluding steroid dienone is 1. The zero-order valence-electron chi connectivity index (χ0n) is 20.8. The highest BCUT2D eigenvalue weighted by Gasteiger charge is 2.78. The average molecular weight is 496 g/mol. The third-order valence-corrected chi connectivity index (χ3v) is 7.26. The van der Waals surface area contributed by atoms with Crippen LogP contribution in [0.1, 0.15) is 30.9 Å². The predicted molar refractivity (Wildman–Crippen MR) is 139 cm³/mol. The Morgan fingerprint density at radius 3 is 2.30 bits per heavy atom. The Morgan fingerprint density at radius 1 is 1.00 bits per heavy atom. The summed E-state index contributed by atoms with van der Waals surface area (Å²) in [6.45, 7) is 3.84. The van der Waals surface area contributed by atoms with Gasteiger partial charge < -0.3 is 14.6 Å². The third kappa shape index (κ3) is 5.12. The van der Waals surface area contributed by atoms with Gasteiger partial charge in [-0.05, 0) is 40.8 Å². The van der Waals surface area contributed by atoms with Crippen molar-refractivity contribution in [2.24, 2.45) is 16.7 Å². The number of para-hydroxylation sites is 1. The van der Waals surface area contributed by atoms with E-state index in [1.165, 1.54) is 6.08 Å². The van der Waals surface area contributed by atoms with E-state index >= 15 is 0 Å². The highest BCUT2D eigenvalue weighted by Crippen LogP contribution is 2.75. The minimum absolute atomic E-state index is 0.223. The Hall–Kier alpha value is -4.37. The molecule has 6 heteroatoms. The van der Waals surface area contributed by atoms with Gasteiger partial charge >= 0.3 is 11.9 Å². The zero-order chi connectivity index (χ0) is 26.5. The molecule has 37 heavy (non-hydrogen) atoms. The van der Waals surface area contributed by atoms with Crippen molar-refractivity contribution in [1.82, 2.24) is 0 Å². The second-order valence-electron chi connectivity index (χ2n) is 9.69. The number of carboxylic acids is 1. The van der Waals surface area contributed by atoms with Crippen LogP contribution >= 0.6 is 0 Å². The zero-order valence-corrected chi connectivity index (χ0v) is 20.8. The fourth-order valence-corrected chi connectivity index (χ4v) is 5.27. The standard InChI is InChI=1S/C31H29NO5/c1-30(2)27(16-17-28(33)36-19-18-22-10-5-3-6-11-22)31(30,29(34)35)26(21-32)23-12-9-15-25(20-23)37-24-13-7-4-8-14-24/h3-17,20,26-27H,18-19H2,1-2H3,(H,34,35)/t26?,27-,31+/m0/s1. The second-order valence-corrected chi connectivity index (χ2v) is 9.69. The lowest BCUT2D eigenvalue weighted by molar-refractivity contribution is -0.145. The van der Waals surface area contributed by atoms with E-state index in [0.29, 0.717) is 23.5 Å². The Bertz CT molecular complexity index is 1330. The molecular weight excluding hydrogens is 466 g/mol. The fraction of sp³-hybridized carbons (Fsp3) is 0.258. The molecule has 0 aliphatic heterocycles. The van der Waals surface area contributed by atoms with E-state index in [1.807, 2.05) is 74.5 Å². The van der Waals surface area contributed by atoms with Crippen LogP contribution in [-0.2, 0) is 20.7 Å². The summed E-state index contributed by atoms with van der Waals surface area (Å²) < 4.78 is 11.2. The Morgan fingerprint density at radius 2 is 1.65 bits per heavy atom. The molecule has 188 valence electrons. The minimum atomic E-state index is -1.41. The summed E-state index contributed by atoms with van der Waals surface area (Å²) in [5, 5.41) is 20.5. The molecular formula is C31H29NO5. The maximum absolute atomic E-state index is 12.7. The summed E-state index contributed by atoms with van der Waals surface area (Å²) >= 11 is 0.